The van der Waals surface area contributed by atoms with Gasteiger partial charge in [0.15, 0.2) is 0 Å². The first-order valence-corrected chi connectivity index (χ1v) is 9.94. The molecule has 4 nitrogen and oxygen atoms in total. The average Bonchev–Trinajstić information content (AvgIpc) is 2.81. The molecule has 0 atom stereocenters. The van der Waals surface area contributed by atoms with Gasteiger partial charge >= 0.3 is 5.97 Å². The van der Waals surface area contributed by atoms with E-state index in [-0.39, 0.29) is 5.91 Å². The highest BCUT2D eigenvalue weighted by atomic mass is 16.5. The molecule has 4 heteroatoms. The molecule has 1 N–H and O–H groups in total. The second kappa shape index (κ2) is 9.09. The zero-order valence-corrected chi connectivity index (χ0v) is 17.0. The van der Waals surface area contributed by atoms with Crippen LogP contribution in [0.3, 0.4) is 0 Å². The van der Waals surface area contributed by atoms with Crippen LogP contribution in [-0.2, 0) is 0 Å². The van der Waals surface area contributed by atoms with Gasteiger partial charge in [-0.2, -0.15) is 0 Å². The van der Waals surface area contributed by atoms with Crippen molar-refractivity contribution in [2.75, 3.05) is 5.32 Å². The Bertz CT molecular complexity index is 1180. The number of amides is 1. The van der Waals surface area contributed by atoms with Crippen molar-refractivity contribution in [3.8, 4) is 16.9 Å². The molecule has 0 aliphatic carbocycles. The molecule has 0 fully saturated rings. The fraction of sp³-hybridized carbons (Fsp3) is 0.0370. The number of rotatable bonds is 5. The third-order valence-corrected chi connectivity index (χ3v) is 4.86. The molecule has 0 bridgehead atoms. The molecule has 0 radical (unpaired) electrons. The first-order chi connectivity index (χ1) is 15.1. The second-order valence-corrected chi connectivity index (χ2v) is 7.18. The molecule has 31 heavy (non-hydrogen) atoms. The van der Waals surface area contributed by atoms with E-state index in [9.17, 15) is 9.59 Å². The smallest absolute Gasteiger partial charge is 0.343 e. The summed E-state index contributed by atoms with van der Waals surface area (Å²) < 4.78 is 5.44. The molecule has 0 saturated heterocycles. The van der Waals surface area contributed by atoms with E-state index in [0.717, 1.165) is 22.4 Å². The number of hydrogen-bond donors (Lipinski definition) is 1. The molecule has 0 unspecified atom stereocenters. The molecule has 0 aliphatic rings. The molecule has 0 aliphatic heterocycles. The zero-order valence-electron chi connectivity index (χ0n) is 17.0. The van der Waals surface area contributed by atoms with Crippen molar-refractivity contribution in [2.45, 2.75) is 6.92 Å². The molecule has 0 saturated carbocycles. The van der Waals surface area contributed by atoms with E-state index in [0.29, 0.717) is 16.9 Å². The number of benzene rings is 4. The van der Waals surface area contributed by atoms with Crippen molar-refractivity contribution in [3.05, 3.63) is 120 Å². The van der Waals surface area contributed by atoms with Crippen LogP contribution in [-0.4, -0.2) is 11.9 Å². The third kappa shape index (κ3) is 5.06. The number of aryl methyl sites for hydroxylation is 1. The molecular formula is C27H21NO3. The van der Waals surface area contributed by atoms with Crippen LogP contribution in [0, 0.1) is 6.92 Å². The van der Waals surface area contributed by atoms with E-state index >= 15 is 0 Å². The Balaban J connectivity index is 1.38. The van der Waals surface area contributed by atoms with E-state index in [1.807, 2.05) is 73.7 Å². The van der Waals surface area contributed by atoms with Crippen molar-refractivity contribution >= 4 is 17.6 Å². The van der Waals surface area contributed by atoms with Crippen LogP contribution < -0.4 is 10.1 Å². The standard InChI is InChI=1S/C27H21NO3/c1-19-7-15-24(16-8-19)28-26(29)22-13-17-25(18-14-22)31-27(30)23-11-9-21(10-12-23)20-5-3-2-4-6-20/h2-18H,1H3,(H,28,29). The van der Waals surface area contributed by atoms with Crippen LogP contribution in [0.15, 0.2) is 103 Å². The number of hydrogen-bond acceptors (Lipinski definition) is 3. The lowest BCUT2D eigenvalue weighted by Crippen LogP contribution is -2.12. The fourth-order valence-corrected chi connectivity index (χ4v) is 3.11. The van der Waals surface area contributed by atoms with Crippen LogP contribution in [0.1, 0.15) is 26.3 Å². The fourth-order valence-electron chi connectivity index (χ4n) is 3.11. The number of anilines is 1. The van der Waals surface area contributed by atoms with Crippen molar-refractivity contribution in [1.29, 1.82) is 0 Å². The molecular weight excluding hydrogens is 386 g/mol. The van der Waals surface area contributed by atoms with Gasteiger partial charge in [0.25, 0.3) is 5.91 Å². The number of ether oxygens (including phenoxy) is 1. The Labute approximate surface area is 181 Å². The van der Waals surface area contributed by atoms with Crippen molar-refractivity contribution in [2.24, 2.45) is 0 Å². The summed E-state index contributed by atoms with van der Waals surface area (Å²) in [6.45, 7) is 1.99. The van der Waals surface area contributed by atoms with Crippen molar-refractivity contribution in [1.82, 2.24) is 0 Å². The summed E-state index contributed by atoms with van der Waals surface area (Å²) in [4.78, 5) is 24.8. The highest BCUT2D eigenvalue weighted by Gasteiger charge is 2.11. The van der Waals surface area contributed by atoms with Gasteiger partial charge in [-0.15, -0.1) is 0 Å². The highest BCUT2D eigenvalue weighted by Crippen LogP contribution is 2.21. The predicted octanol–water partition coefficient (Wildman–Crippen LogP) is 6.13. The minimum Gasteiger partial charge on any atom is -0.423 e. The van der Waals surface area contributed by atoms with Crippen LogP contribution in [0.4, 0.5) is 5.69 Å². The molecule has 4 aromatic carbocycles. The van der Waals surface area contributed by atoms with Crippen LogP contribution in [0.2, 0.25) is 0 Å². The number of esters is 1. The molecule has 152 valence electrons. The topological polar surface area (TPSA) is 55.4 Å². The van der Waals surface area contributed by atoms with E-state index in [4.69, 9.17) is 4.74 Å². The molecule has 0 spiro atoms. The molecule has 4 aromatic rings. The minimum absolute atomic E-state index is 0.224. The predicted molar refractivity (Wildman–Crippen MR) is 122 cm³/mol. The highest BCUT2D eigenvalue weighted by molar-refractivity contribution is 6.04. The molecule has 4 rings (SSSR count). The summed E-state index contributed by atoms with van der Waals surface area (Å²) in [6.07, 6.45) is 0. The zero-order chi connectivity index (χ0) is 21.6. The summed E-state index contributed by atoms with van der Waals surface area (Å²) in [6, 6.07) is 31.3. The summed E-state index contributed by atoms with van der Waals surface area (Å²) in [7, 11) is 0. The summed E-state index contributed by atoms with van der Waals surface area (Å²) in [5.41, 5.74) is 4.90. The average molecular weight is 407 g/mol. The summed E-state index contributed by atoms with van der Waals surface area (Å²) in [5, 5.41) is 2.84. The largest absolute Gasteiger partial charge is 0.423 e. The third-order valence-electron chi connectivity index (χ3n) is 4.86. The Hall–Kier alpha value is -4.18. The van der Waals surface area contributed by atoms with Gasteiger partial charge in [0, 0.05) is 11.3 Å². The van der Waals surface area contributed by atoms with Gasteiger partial charge < -0.3 is 10.1 Å². The lowest BCUT2D eigenvalue weighted by atomic mass is 10.0. The maximum absolute atomic E-state index is 12.4. The van der Waals surface area contributed by atoms with E-state index in [2.05, 4.69) is 5.32 Å². The Morgan fingerprint density at radius 2 is 1.23 bits per heavy atom. The normalized spacial score (nSPS) is 10.4. The number of carbonyl (C=O) groups excluding carboxylic acids is 2. The minimum atomic E-state index is -0.448. The van der Waals surface area contributed by atoms with Crippen molar-refractivity contribution in [3.63, 3.8) is 0 Å². The lowest BCUT2D eigenvalue weighted by molar-refractivity contribution is 0.0734. The van der Waals surface area contributed by atoms with Crippen LogP contribution in [0.25, 0.3) is 11.1 Å². The first-order valence-electron chi connectivity index (χ1n) is 9.94. The SMILES string of the molecule is Cc1ccc(NC(=O)c2ccc(OC(=O)c3ccc(-c4ccccc4)cc3)cc2)cc1. The van der Waals surface area contributed by atoms with E-state index in [1.54, 1.807) is 36.4 Å². The number of nitrogens with one attached hydrogen (secondary N) is 1. The van der Waals surface area contributed by atoms with Gasteiger partial charge in [-0.25, -0.2) is 4.79 Å². The van der Waals surface area contributed by atoms with Crippen molar-refractivity contribution < 1.29 is 14.3 Å². The quantitative estimate of drug-likeness (QED) is 0.320. The van der Waals surface area contributed by atoms with Gasteiger partial charge in [0.05, 0.1) is 5.56 Å². The first kappa shape index (κ1) is 20.1. The van der Waals surface area contributed by atoms with Gasteiger partial charge in [-0.1, -0.05) is 60.2 Å². The monoisotopic (exact) mass is 407 g/mol. The molecule has 0 heterocycles. The van der Waals surface area contributed by atoms with E-state index in [1.165, 1.54) is 0 Å². The maximum Gasteiger partial charge on any atom is 0.343 e. The van der Waals surface area contributed by atoms with Crippen LogP contribution in [0.5, 0.6) is 5.75 Å². The number of carbonyl (C=O) groups is 2. The van der Waals surface area contributed by atoms with Crippen LogP contribution >= 0.6 is 0 Å². The second-order valence-electron chi connectivity index (χ2n) is 7.18. The molecule has 1 amide bonds. The van der Waals surface area contributed by atoms with Gasteiger partial charge in [0.2, 0.25) is 0 Å². The summed E-state index contributed by atoms with van der Waals surface area (Å²) in [5.74, 6) is -0.293. The maximum atomic E-state index is 12.4. The van der Waals surface area contributed by atoms with Gasteiger partial charge in [0.1, 0.15) is 5.75 Å². The molecule has 0 aromatic heterocycles. The van der Waals surface area contributed by atoms with Gasteiger partial charge in [-0.05, 0) is 66.6 Å². The Morgan fingerprint density at radius 3 is 1.87 bits per heavy atom. The lowest BCUT2D eigenvalue weighted by Gasteiger charge is -2.08. The van der Waals surface area contributed by atoms with E-state index < -0.39 is 5.97 Å². The Morgan fingerprint density at radius 1 is 0.645 bits per heavy atom. The van der Waals surface area contributed by atoms with Gasteiger partial charge in [-0.3, -0.25) is 4.79 Å². The Kier molecular flexibility index (Phi) is 5.90. The summed E-state index contributed by atoms with van der Waals surface area (Å²) >= 11 is 0.